The van der Waals surface area contributed by atoms with E-state index in [1.807, 2.05) is 0 Å². The van der Waals surface area contributed by atoms with Crippen molar-refractivity contribution in [1.82, 2.24) is 10.2 Å². The summed E-state index contributed by atoms with van der Waals surface area (Å²) in [5, 5.41) is 3.53. The van der Waals surface area contributed by atoms with Crippen molar-refractivity contribution in [2.75, 3.05) is 26.7 Å². The Labute approximate surface area is 130 Å². The van der Waals surface area contributed by atoms with Gasteiger partial charge in [-0.1, -0.05) is 43.5 Å². The number of nitrogens with zero attached hydrogens (tertiary/aromatic N) is 1. The van der Waals surface area contributed by atoms with Gasteiger partial charge in [-0.25, -0.2) is 0 Å². The van der Waals surface area contributed by atoms with E-state index >= 15 is 0 Å². The second kappa shape index (κ2) is 7.95. The van der Waals surface area contributed by atoms with Crippen LogP contribution >= 0.6 is 0 Å². The molecule has 118 valence electrons. The predicted molar refractivity (Wildman–Crippen MR) is 91.8 cm³/mol. The number of hydrogen-bond donors (Lipinski definition) is 1. The maximum atomic E-state index is 3.53. The maximum Gasteiger partial charge on any atom is 0.0449 e. The lowest BCUT2D eigenvalue weighted by Gasteiger charge is -2.34. The highest BCUT2D eigenvalue weighted by Crippen LogP contribution is 2.25. The molecular formula is C19H32N2. The summed E-state index contributed by atoms with van der Waals surface area (Å²) in [5.74, 6) is 0.972. The number of likely N-dealkylation sites (tertiary alicyclic amines) is 1. The fourth-order valence-electron chi connectivity index (χ4n) is 3.60. The summed E-state index contributed by atoms with van der Waals surface area (Å²) in [7, 11) is 2.09. The van der Waals surface area contributed by atoms with Gasteiger partial charge in [0.05, 0.1) is 0 Å². The Morgan fingerprint density at radius 2 is 1.95 bits per heavy atom. The number of hydrogen-bond acceptors (Lipinski definition) is 2. The van der Waals surface area contributed by atoms with E-state index < -0.39 is 0 Å². The molecule has 1 atom stereocenters. The third-order valence-electron chi connectivity index (χ3n) is 5.00. The van der Waals surface area contributed by atoms with Gasteiger partial charge in [-0.15, -0.1) is 0 Å². The molecule has 2 heteroatoms. The Morgan fingerprint density at radius 1 is 1.24 bits per heavy atom. The Morgan fingerprint density at radius 3 is 2.57 bits per heavy atom. The van der Waals surface area contributed by atoms with Crippen molar-refractivity contribution >= 4 is 0 Å². The largest absolute Gasteiger partial charge is 0.312 e. The Balaban J connectivity index is 1.95. The molecule has 0 aliphatic carbocycles. The van der Waals surface area contributed by atoms with Crippen LogP contribution in [0.1, 0.15) is 55.3 Å². The zero-order valence-corrected chi connectivity index (χ0v) is 14.3. The van der Waals surface area contributed by atoms with Crippen LogP contribution in [-0.2, 0) is 0 Å². The lowest BCUT2D eigenvalue weighted by Crippen LogP contribution is -2.39. The molecule has 2 nitrogen and oxygen atoms in total. The van der Waals surface area contributed by atoms with Crippen LogP contribution in [0, 0.1) is 19.8 Å². The van der Waals surface area contributed by atoms with E-state index in [0.717, 1.165) is 12.5 Å². The molecule has 0 amide bonds. The van der Waals surface area contributed by atoms with Crippen LogP contribution in [0.15, 0.2) is 18.2 Å². The Hall–Kier alpha value is -0.860. The lowest BCUT2D eigenvalue weighted by molar-refractivity contribution is 0.165. The van der Waals surface area contributed by atoms with Gasteiger partial charge in [-0.2, -0.15) is 0 Å². The van der Waals surface area contributed by atoms with Gasteiger partial charge in [0.15, 0.2) is 0 Å². The highest BCUT2D eigenvalue weighted by Gasteiger charge is 2.22. The zero-order chi connectivity index (χ0) is 15.2. The molecule has 1 saturated heterocycles. The summed E-state index contributed by atoms with van der Waals surface area (Å²) in [5.41, 5.74) is 4.23. The van der Waals surface area contributed by atoms with Crippen LogP contribution in [0.5, 0.6) is 0 Å². The first-order chi connectivity index (χ1) is 10.1. The van der Waals surface area contributed by atoms with E-state index in [4.69, 9.17) is 0 Å². The van der Waals surface area contributed by atoms with Gasteiger partial charge < -0.3 is 10.2 Å². The van der Waals surface area contributed by atoms with E-state index in [-0.39, 0.29) is 0 Å². The number of nitrogens with one attached hydrogen (secondary N) is 1. The minimum Gasteiger partial charge on any atom is -0.312 e. The zero-order valence-electron chi connectivity index (χ0n) is 14.3. The molecule has 1 aliphatic rings. The van der Waals surface area contributed by atoms with Crippen LogP contribution in [-0.4, -0.2) is 31.6 Å². The minimum absolute atomic E-state index is 0.452. The molecule has 0 radical (unpaired) electrons. The SMILES string of the molecule is CCCC1CCN(CC(NC)c2cc(C)ccc2C)CC1. The fraction of sp³-hybridized carbons (Fsp3) is 0.684. The summed E-state index contributed by atoms with van der Waals surface area (Å²) < 4.78 is 0. The van der Waals surface area contributed by atoms with E-state index in [1.165, 1.54) is 55.5 Å². The second-order valence-electron chi connectivity index (χ2n) is 6.73. The molecule has 0 aromatic heterocycles. The van der Waals surface area contributed by atoms with Gasteiger partial charge in [0.2, 0.25) is 0 Å². The molecule has 1 heterocycles. The smallest absolute Gasteiger partial charge is 0.0449 e. The quantitative estimate of drug-likeness (QED) is 0.848. The molecule has 0 saturated carbocycles. The average Bonchev–Trinajstić information content (AvgIpc) is 2.49. The number of piperidine rings is 1. The summed E-state index contributed by atoms with van der Waals surface area (Å²) in [6, 6.07) is 7.26. The van der Waals surface area contributed by atoms with E-state index in [1.54, 1.807) is 0 Å². The number of rotatable bonds is 6. The maximum absolute atomic E-state index is 3.53. The Kier molecular flexibility index (Phi) is 6.25. The van der Waals surface area contributed by atoms with Gasteiger partial charge in [0.25, 0.3) is 0 Å². The highest BCUT2D eigenvalue weighted by atomic mass is 15.1. The summed E-state index contributed by atoms with van der Waals surface area (Å²) in [6.07, 6.45) is 5.53. The molecule has 0 spiro atoms. The average molecular weight is 288 g/mol. The van der Waals surface area contributed by atoms with Crippen molar-refractivity contribution in [1.29, 1.82) is 0 Å². The first-order valence-electron chi connectivity index (χ1n) is 8.60. The first kappa shape index (κ1) is 16.5. The van der Waals surface area contributed by atoms with Crippen molar-refractivity contribution in [3.8, 4) is 0 Å². The van der Waals surface area contributed by atoms with E-state index in [0.29, 0.717) is 6.04 Å². The number of likely N-dealkylation sites (N-methyl/N-ethyl adjacent to an activating group) is 1. The van der Waals surface area contributed by atoms with E-state index in [2.05, 4.69) is 56.2 Å². The van der Waals surface area contributed by atoms with Crippen LogP contribution in [0.25, 0.3) is 0 Å². The molecule has 1 aromatic carbocycles. The van der Waals surface area contributed by atoms with Crippen molar-refractivity contribution < 1.29 is 0 Å². The van der Waals surface area contributed by atoms with Crippen molar-refractivity contribution in [3.63, 3.8) is 0 Å². The Bertz CT molecular complexity index is 433. The van der Waals surface area contributed by atoms with Crippen molar-refractivity contribution in [2.45, 2.75) is 52.5 Å². The normalized spacial score (nSPS) is 18.9. The molecule has 1 fully saturated rings. The molecular weight excluding hydrogens is 256 g/mol. The third-order valence-corrected chi connectivity index (χ3v) is 5.00. The fourth-order valence-corrected chi connectivity index (χ4v) is 3.60. The summed E-state index contributed by atoms with van der Waals surface area (Å²) >= 11 is 0. The van der Waals surface area contributed by atoms with Crippen LogP contribution in [0.2, 0.25) is 0 Å². The summed E-state index contributed by atoms with van der Waals surface area (Å²) in [6.45, 7) is 10.4. The molecule has 1 aromatic rings. The molecule has 1 unspecified atom stereocenters. The van der Waals surface area contributed by atoms with Crippen LogP contribution < -0.4 is 5.32 Å². The number of benzene rings is 1. The standard InChI is InChI=1S/C19H32N2/c1-5-6-17-9-11-21(12-10-17)14-19(20-4)18-13-15(2)7-8-16(18)3/h7-8,13,17,19-20H,5-6,9-12,14H2,1-4H3. The van der Waals surface area contributed by atoms with Gasteiger partial charge in [0, 0.05) is 12.6 Å². The second-order valence-corrected chi connectivity index (χ2v) is 6.73. The topological polar surface area (TPSA) is 15.3 Å². The molecule has 1 aliphatic heterocycles. The first-order valence-corrected chi connectivity index (χ1v) is 8.60. The minimum atomic E-state index is 0.452. The lowest BCUT2D eigenvalue weighted by atomic mass is 9.91. The van der Waals surface area contributed by atoms with Gasteiger partial charge in [0.1, 0.15) is 0 Å². The molecule has 1 N–H and O–H groups in total. The van der Waals surface area contributed by atoms with Crippen LogP contribution in [0.3, 0.4) is 0 Å². The van der Waals surface area contributed by atoms with Gasteiger partial charge in [-0.05, 0) is 63.9 Å². The predicted octanol–water partition coefficient (Wildman–Crippen LogP) is 4.08. The summed E-state index contributed by atoms with van der Waals surface area (Å²) in [4.78, 5) is 2.65. The number of aryl methyl sites for hydroxylation is 2. The third kappa shape index (κ3) is 4.55. The van der Waals surface area contributed by atoms with Gasteiger partial charge >= 0.3 is 0 Å². The van der Waals surface area contributed by atoms with Crippen LogP contribution in [0.4, 0.5) is 0 Å². The van der Waals surface area contributed by atoms with E-state index in [9.17, 15) is 0 Å². The van der Waals surface area contributed by atoms with Crippen molar-refractivity contribution in [3.05, 3.63) is 34.9 Å². The highest BCUT2D eigenvalue weighted by molar-refractivity contribution is 5.33. The monoisotopic (exact) mass is 288 g/mol. The molecule has 2 rings (SSSR count). The van der Waals surface area contributed by atoms with Crippen molar-refractivity contribution in [2.24, 2.45) is 5.92 Å². The molecule has 21 heavy (non-hydrogen) atoms. The van der Waals surface area contributed by atoms with Gasteiger partial charge in [-0.3, -0.25) is 0 Å². The molecule has 0 bridgehead atoms.